The van der Waals surface area contributed by atoms with Crippen LogP contribution in [0, 0.1) is 13.8 Å². The summed E-state index contributed by atoms with van der Waals surface area (Å²) in [7, 11) is 0. The molecule has 3 aromatic rings. The Morgan fingerprint density at radius 1 is 1.29 bits per heavy atom. The molecule has 1 N–H and O–H groups in total. The Morgan fingerprint density at radius 3 is 2.67 bits per heavy atom. The molecule has 0 spiro atoms. The van der Waals surface area contributed by atoms with Crippen LogP contribution < -0.4 is 5.32 Å². The van der Waals surface area contributed by atoms with Gasteiger partial charge in [0.15, 0.2) is 16.7 Å². The van der Waals surface area contributed by atoms with Crippen LogP contribution in [0.25, 0.3) is 11.0 Å². The third kappa shape index (κ3) is 2.85. The lowest BCUT2D eigenvalue weighted by atomic mass is 10.1. The number of nitrogens with one attached hydrogen (secondary N) is 1. The van der Waals surface area contributed by atoms with E-state index >= 15 is 0 Å². The molecule has 2 aromatic heterocycles. The second kappa shape index (κ2) is 6.20. The SMILES string of the molecule is CCc1ccc2oc(C(=O)Nc3nc(C)c(C(C)=O)s3)c(C)c2c1. The van der Waals surface area contributed by atoms with Crippen LogP contribution in [0.5, 0.6) is 0 Å². The van der Waals surface area contributed by atoms with E-state index in [-0.39, 0.29) is 17.5 Å². The minimum atomic E-state index is -0.356. The molecule has 1 amide bonds. The molecule has 1 aromatic carbocycles. The Balaban J connectivity index is 1.92. The van der Waals surface area contributed by atoms with E-state index in [4.69, 9.17) is 4.42 Å². The van der Waals surface area contributed by atoms with E-state index in [0.29, 0.717) is 21.3 Å². The first-order valence-electron chi connectivity index (χ1n) is 7.72. The van der Waals surface area contributed by atoms with Gasteiger partial charge in [0.2, 0.25) is 0 Å². The molecule has 0 atom stereocenters. The Morgan fingerprint density at radius 2 is 2.04 bits per heavy atom. The molecule has 124 valence electrons. The highest BCUT2D eigenvalue weighted by Gasteiger charge is 2.20. The molecule has 0 bridgehead atoms. The zero-order chi connectivity index (χ0) is 17.4. The van der Waals surface area contributed by atoms with Crippen LogP contribution in [-0.2, 0) is 6.42 Å². The first kappa shape index (κ1) is 16.4. The quantitative estimate of drug-likeness (QED) is 0.707. The maximum Gasteiger partial charge on any atom is 0.293 e. The maximum absolute atomic E-state index is 12.5. The van der Waals surface area contributed by atoms with Crippen LogP contribution in [-0.4, -0.2) is 16.7 Å². The van der Waals surface area contributed by atoms with Crippen molar-refractivity contribution in [3.63, 3.8) is 0 Å². The topological polar surface area (TPSA) is 72.2 Å². The van der Waals surface area contributed by atoms with E-state index in [0.717, 1.165) is 17.4 Å². The summed E-state index contributed by atoms with van der Waals surface area (Å²) in [5.74, 6) is -0.140. The summed E-state index contributed by atoms with van der Waals surface area (Å²) in [6.07, 6.45) is 0.925. The highest BCUT2D eigenvalue weighted by molar-refractivity contribution is 7.17. The van der Waals surface area contributed by atoms with Crippen LogP contribution in [0.1, 0.15) is 50.9 Å². The largest absolute Gasteiger partial charge is 0.451 e. The molecular formula is C18H18N2O3S. The van der Waals surface area contributed by atoms with Gasteiger partial charge in [0, 0.05) is 17.9 Å². The summed E-state index contributed by atoms with van der Waals surface area (Å²) in [6.45, 7) is 7.19. The van der Waals surface area contributed by atoms with E-state index in [2.05, 4.69) is 17.2 Å². The Kier molecular flexibility index (Phi) is 4.24. The number of benzene rings is 1. The van der Waals surface area contributed by atoms with Crippen LogP contribution >= 0.6 is 11.3 Å². The first-order chi connectivity index (χ1) is 11.4. The molecule has 5 nitrogen and oxygen atoms in total. The summed E-state index contributed by atoms with van der Waals surface area (Å²) in [4.78, 5) is 28.8. The van der Waals surface area contributed by atoms with Gasteiger partial charge in [0.05, 0.1) is 10.6 Å². The average Bonchev–Trinajstić information content (AvgIpc) is 3.07. The second-order valence-corrected chi connectivity index (χ2v) is 6.68. The van der Waals surface area contributed by atoms with Gasteiger partial charge in [-0.2, -0.15) is 0 Å². The number of aryl methyl sites for hydroxylation is 3. The van der Waals surface area contributed by atoms with Crippen molar-refractivity contribution in [1.82, 2.24) is 4.98 Å². The number of hydrogen-bond acceptors (Lipinski definition) is 5. The van der Waals surface area contributed by atoms with Gasteiger partial charge in [-0.15, -0.1) is 0 Å². The third-order valence-electron chi connectivity index (χ3n) is 3.95. The van der Waals surface area contributed by atoms with Crippen molar-refractivity contribution in [2.75, 3.05) is 5.32 Å². The predicted molar refractivity (Wildman–Crippen MR) is 95.1 cm³/mol. The Labute approximate surface area is 143 Å². The van der Waals surface area contributed by atoms with E-state index in [1.807, 2.05) is 25.1 Å². The van der Waals surface area contributed by atoms with Crippen molar-refractivity contribution in [1.29, 1.82) is 0 Å². The monoisotopic (exact) mass is 342 g/mol. The zero-order valence-electron chi connectivity index (χ0n) is 14.0. The number of ketones is 1. The maximum atomic E-state index is 12.5. The number of fused-ring (bicyclic) bond motifs is 1. The molecular weight excluding hydrogens is 324 g/mol. The van der Waals surface area contributed by atoms with E-state index in [1.54, 1.807) is 6.92 Å². The molecule has 24 heavy (non-hydrogen) atoms. The molecule has 0 saturated heterocycles. The van der Waals surface area contributed by atoms with Gasteiger partial charge in [-0.05, 0) is 38.0 Å². The lowest BCUT2D eigenvalue weighted by Crippen LogP contribution is -2.11. The van der Waals surface area contributed by atoms with Crippen LogP contribution in [0.4, 0.5) is 5.13 Å². The van der Waals surface area contributed by atoms with Crippen molar-refractivity contribution in [2.24, 2.45) is 0 Å². The fourth-order valence-corrected chi connectivity index (χ4v) is 3.49. The lowest BCUT2D eigenvalue weighted by Gasteiger charge is -1.99. The molecule has 0 unspecified atom stereocenters. The van der Waals surface area contributed by atoms with Gasteiger partial charge in [-0.1, -0.05) is 24.3 Å². The number of aromatic nitrogens is 1. The molecule has 0 aliphatic carbocycles. The molecule has 0 saturated carbocycles. The number of carbonyl (C=O) groups is 2. The number of nitrogens with zero attached hydrogens (tertiary/aromatic N) is 1. The summed E-state index contributed by atoms with van der Waals surface area (Å²) in [6, 6.07) is 5.93. The fourth-order valence-electron chi connectivity index (χ4n) is 2.63. The molecule has 0 fully saturated rings. The van der Waals surface area contributed by atoms with Crippen LogP contribution in [0.15, 0.2) is 22.6 Å². The summed E-state index contributed by atoms with van der Waals surface area (Å²) < 4.78 is 5.71. The lowest BCUT2D eigenvalue weighted by molar-refractivity contribution is 0.0995. The van der Waals surface area contributed by atoms with Gasteiger partial charge in [-0.3, -0.25) is 14.9 Å². The summed E-state index contributed by atoms with van der Waals surface area (Å²) in [5.41, 5.74) is 3.31. The van der Waals surface area contributed by atoms with Gasteiger partial charge < -0.3 is 4.42 Å². The normalized spacial score (nSPS) is 11.0. The number of anilines is 1. The molecule has 3 rings (SSSR count). The van der Waals surface area contributed by atoms with E-state index in [9.17, 15) is 9.59 Å². The van der Waals surface area contributed by atoms with Crippen LogP contribution in [0.3, 0.4) is 0 Å². The third-order valence-corrected chi connectivity index (χ3v) is 5.13. The zero-order valence-corrected chi connectivity index (χ0v) is 14.8. The van der Waals surface area contributed by atoms with Crippen molar-refractivity contribution in [3.8, 4) is 0 Å². The second-order valence-electron chi connectivity index (χ2n) is 5.68. The molecule has 0 aliphatic heterocycles. The molecule has 6 heteroatoms. The smallest absolute Gasteiger partial charge is 0.293 e. The number of amides is 1. The van der Waals surface area contributed by atoms with Gasteiger partial charge in [0.25, 0.3) is 5.91 Å². The highest BCUT2D eigenvalue weighted by Crippen LogP contribution is 2.28. The van der Waals surface area contributed by atoms with Crippen LogP contribution in [0.2, 0.25) is 0 Å². The number of rotatable bonds is 4. The number of Topliss-reactive ketones (excluding diaryl/α,β-unsaturated/α-hetero) is 1. The Bertz CT molecular complexity index is 953. The number of thiazole rings is 1. The summed E-state index contributed by atoms with van der Waals surface area (Å²) >= 11 is 1.18. The average molecular weight is 342 g/mol. The predicted octanol–water partition coefficient (Wildman–Crippen LogP) is 4.52. The fraction of sp³-hybridized carbons (Fsp3) is 0.278. The summed E-state index contributed by atoms with van der Waals surface area (Å²) in [5, 5.41) is 4.07. The van der Waals surface area contributed by atoms with Gasteiger partial charge in [0.1, 0.15) is 5.58 Å². The number of furan rings is 1. The van der Waals surface area contributed by atoms with Crippen molar-refractivity contribution < 1.29 is 14.0 Å². The van der Waals surface area contributed by atoms with Gasteiger partial charge in [-0.25, -0.2) is 4.98 Å². The van der Waals surface area contributed by atoms with Crippen molar-refractivity contribution in [3.05, 3.63) is 45.7 Å². The Hall–Kier alpha value is -2.47. The van der Waals surface area contributed by atoms with Crippen molar-refractivity contribution in [2.45, 2.75) is 34.1 Å². The highest BCUT2D eigenvalue weighted by atomic mass is 32.1. The molecule has 0 radical (unpaired) electrons. The number of carbonyl (C=O) groups excluding carboxylic acids is 2. The standard InChI is InChI=1S/C18H18N2O3S/c1-5-12-6-7-14-13(8-12)9(2)15(23-14)17(22)20-18-19-10(3)16(24-18)11(4)21/h6-8H,5H2,1-4H3,(H,19,20,22). The minimum absolute atomic E-state index is 0.0579. The minimum Gasteiger partial charge on any atom is -0.451 e. The van der Waals surface area contributed by atoms with E-state index < -0.39 is 0 Å². The first-order valence-corrected chi connectivity index (χ1v) is 8.54. The number of hydrogen-bond donors (Lipinski definition) is 1. The molecule has 2 heterocycles. The van der Waals surface area contributed by atoms with Crippen molar-refractivity contribution >= 4 is 39.1 Å². The van der Waals surface area contributed by atoms with E-state index in [1.165, 1.54) is 23.8 Å². The molecule has 0 aliphatic rings. The van der Waals surface area contributed by atoms with Gasteiger partial charge >= 0.3 is 0 Å².